The summed E-state index contributed by atoms with van der Waals surface area (Å²) in [5.74, 6) is -0.139. The summed E-state index contributed by atoms with van der Waals surface area (Å²) in [6, 6.07) is 0. The molecule has 2 atom stereocenters. The molecule has 0 aliphatic rings. The van der Waals surface area contributed by atoms with E-state index in [2.05, 4.69) is 13.8 Å². The molecule has 0 heterocycles. The summed E-state index contributed by atoms with van der Waals surface area (Å²) in [7, 11) is -4.25. The maximum Gasteiger partial charge on any atom is 0.472 e. The molecule has 0 rings (SSSR count). The molecule has 1 N–H and O–H groups in total. The Bertz CT molecular complexity index is 767. The Morgan fingerprint density at radius 3 is 1.36 bits per heavy atom. The fraction of sp³-hybridized carbons (Fsp3) is 0.946. The fourth-order valence-electron chi connectivity index (χ4n) is 5.37. The van der Waals surface area contributed by atoms with Gasteiger partial charge in [-0.05, 0) is 23.7 Å². The maximum atomic E-state index is 12.6. The normalized spacial score (nSPS) is 13.5. The highest BCUT2D eigenvalue weighted by Gasteiger charge is 2.26. The highest BCUT2D eigenvalue weighted by molar-refractivity contribution is 7.95. The van der Waals surface area contributed by atoms with Crippen LogP contribution in [-0.2, 0) is 43.6 Å². The Kier molecular flexibility index (Phi) is 33.4. The monoisotopic (exact) mass is 709 g/mol. The molecule has 0 aliphatic carbocycles. The molecule has 0 radical (unpaired) electrons. The Balaban J connectivity index is 4.33. The summed E-state index contributed by atoms with van der Waals surface area (Å²) >= 11 is 0. The van der Waals surface area contributed by atoms with Gasteiger partial charge in [-0.3, -0.25) is 18.6 Å². The zero-order valence-corrected chi connectivity index (χ0v) is 32.7. The Labute approximate surface area is 292 Å². The molecule has 10 heteroatoms. The first-order chi connectivity index (χ1) is 22.7. The first kappa shape index (κ1) is 46.4. The molecule has 0 saturated heterocycles. The second-order valence-electron chi connectivity index (χ2n) is 13.4. The van der Waals surface area contributed by atoms with E-state index in [1.807, 2.05) is 12.5 Å². The number of phosphoric acid groups is 1. The van der Waals surface area contributed by atoms with Crippen LogP contribution in [0.1, 0.15) is 181 Å². The lowest BCUT2D eigenvalue weighted by Crippen LogP contribution is -2.29. The lowest BCUT2D eigenvalue weighted by atomic mass is 10.0. The van der Waals surface area contributed by atoms with Crippen molar-refractivity contribution in [2.75, 3.05) is 38.1 Å². The summed E-state index contributed by atoms with van der Waals surface area (Å²) in [4.78, 5) is 35.0. The summed E-state index contributed by atoms with van der Waals surface area (Å²) in [6.45, 7) is 3.99. The van der Waals surface area contributed by atoms with Crippen LogP contribution in [0.4, 0.5) is 0 Å². The molecule has 0 aliphatic heterocycles. The van der Waals surface area contributed by atoms with Crippen LogP contribution in [-0.4, -0.2) is 61.0 Å². The van der Waals surface area contributed by atoms with Gasteiger partial charge in [-0.1, -0.05) is 155 Å². The summed E-state index contributed by atoms with van der Waals surface area (Å²) in [5.41, 5.74) is 0. The average Bonchev–Trinajstić information content (AvgIpc) is 3.03. The number of carbonyl (C=O) groups is 2. The standard InChI is InChI=1S/C37H73O8PS/c1-5-7-9-11-13-15-17-18-20-22-24-26-28-30-37(39)45-35(34-44-46(40,41)43-31-32-47(3)4)33-42-36(38)29-27-25-23-21-19-16-14-12-10-8-6-2/h35H,5-34H2,1-4H3/p+1/t35-/m1/s1. The van der Waals surface area contributed by atoms with Gasteiger partial charge in [-0.2, -0.15) is 0 Å². The molecular formula is C37H74O8PS+. The molecule has 0 aromatic rings. The van der Waals surface area contributed by atoms with Gasteiger partial charge >= 0.3 is 19.8 Å². The van der Waals surface area contributed by atoms with Crippen LogP contribution in [0.5, 0.6) is 0 Å². The van der Waals surface area contributed by atoms with Crippen molar-refractivity contribution in [1.29, 1.82) is 0 Å². The van der Waals surface area contributed by atoms with Crippen LogP contribution in [0.3, 0.4) is 0 Å². The number of unbranched alkanes of at least 4 members (excludes halogenated alkanes) is 22. The second-order valence-corrected chi connectivity index (χ2v) is 17.2. The maximum absolute atomic E-state index is 12.6. The zero-order valence-electron chi connectivity index (χ0n) is 31.0. The van der Waals surface area contributed by atoms with E-state index in [0.29, 0.717) is 12.2 Å². The number of hydrogen-bond donors (Lipinski definition) is 1. The molecule has 47 heavy (non-hydrogen) atoms. The van der Waals surface area contributed by atoms with Gasteiger partial charge in [0.05, 0.1) is 19.1 Å². The van der Waals surface area contributed by atoms with E-state index in [0.717, 1.165) is 38.5 Å². The topological polar surface area (TPSA) is 108 Å². The lowest BCUT2D eigenvalue weighted by Gasteiger charge is -2.19. The summed E-state index contributed by atoms with van der Waals surface area (Å²) in [6.07, 6.45) is 32.7. The Morgan fingerprint density at radius 1 is 0.574 bits per heavy atom. The van der Waals surface area contributed by atoms with Gasteiger partial charge in [0.15, 0.2) is 6.10 Å². The first-order valence-electron chi connectivity index (χ1n) is 19.2. The molecule has 0 bridgehead atoms. The van der Waals surface area contributed by atoms with Crippen LogP contribution in [0.25, 0.3) is 0 Å². The van der Waals surface area contributed by atoms with E-state index in [1.165, 1.54) is 116 Å². The van der Waals surface area contributed by atoms with Crippen LogP contribution < -0.4 is 0 Å². The number of carbonyl (C=O) groups excluding carboxylic acids is 2. The SMILES string of the molecule is CCCCCCCCCCCCCCCC(=O)O[C@H](COC(=O)CCCCCCCCCCCCC)COP(=O)(O)OCC[S+](C)C. The van der Waals surface area contributed by atoms with E-state index in [-0.39, 0.29) is 43.1 Å². The van der Waals surface area contributed by atoms with E-state index >= 15 is 0 Å². The molecular weight excluding hydrogens is 635 g/mol. The van der Waals surface area contributed by atoms with Crippen LogP contribution in [0, 0.1) is 0 Å². The predicted octanol–water partition coefficient (Wildman–Crippen LogP) is 10.6. The molecule has 0 amide bonds. The third-order valence-electron chi connectivity index (χ3n) is 8.37. The van der Waals surface area contributed by atoms with Crippen molar-refractivity contribution in [3.05, 3.63) is 0 Å². The van der Waals surface area contributed by atoms with E-state index in [1.54, 1.807) is 0 Å². The van der Waals surface area contributed by atoms with Gasteiger partial charge in [-0.15, -0.1) is 0 Å². The van der Waals surface area contributed by atoms with Gasteiger partial charge in [0.25, 0.3) is 0 Å². The van der Waals surface area contributed by atoms with Crippen molar-refractivity contribution in [3.8, 4) is 0 Å². The number of phosphoric ester groups is 1. The molecule has 280 valence electrons. The summed E-state index contributed by atoms with van der Waals surface area (Å²) < 4.78 is 33.4. The average molecular weight is 710 g/mol. The first-order valence-corrected chi connectivity index (χ1v) is 22.9. The highest BCUT2D eigenvalue weighted by atomic mass is 32.2. The van der Waals surface area contributed by atoms with Gasteiger partial charge < -0.3 is 14.4 Å². The van der Waals surface area contributed by atoms with Crippen LogP contribution in [0.2, 0.25) is 0 Å². The van der Waals surface area contributed by atoms with E-state index in [9.17, 15) is 19.0 Å². The minimum absolute atomic E-state index is 0.0631. The molecule has 0 spiro atoms. The fourth-order valence-corrected chi connectivity index (χ4v) is 6.66. The molecule has 0 aromatic carbocycles. The molecule has 0 fully saturated rings. The highest BCUT2D eigenvalue weighted by Crippen LogP contribution is 2.43. The largest absolute Gasteiger partial charge is 0.472 e. The minimum Gasteiger partial charge on any atom is -0.462 e. The minimum atomic E-state index is -4.31. The Morgan fingerprint density at radius 2 is 0.957 bits per heavy atom. The smallest absolute Gasteiger partial charge is 0.462 e. The van der Waals surface area contributed by atoms with Crippen molar-refractivity contribution in [1.82, 2.24) is 0 Å². The quantitative estimate of drug-likeness (QED) is 0.0296. The van der Waals surface area contributed by atoms with Crippen molar-refractivity contribution < 1.29 is 37.6 Å². The van der Waals surface area contributed by atoms with Crippen molar-refractivity contribution in [3.63, 3.8) is 0 Å². The molecule has 8 nitrogen and oxygen atoms in total. The third kappa shape index (κ3) is 35.0. The molecule has 0 aromatic heterocycles. The zero-order chi connectivity index (χ0) is 34.9. The van der Waals surface area contributed by atoms with Crippen LogP contribution in [0.15, 0.2) is 0 Å². The van der Waals surface area contributed by atoms with Crippen molar-refractivity contribution in [2.45, 2.75) is 187 Å². The van der Waals surface area contributed by atoms with Gasteiger partial charge in [0, 0.05) is 12.8 Å². The van der Waals surface area contributed by atoms with Crippen molar-refractivity contribution >= 4 is 30.7 Å². The number of hydrogen-bond acceptors (Lipinski definition) is 7. The molecule has 1 unspecified atom stereocenters. The van der Waals surface area contributed by atoms with Crippen molar-refractivity contribution in [2.24, 2.45) is 0 Å². The van der Waals surface area contributed by atoms with Crippen LogP contribution >= 0.6 is 7.82 Å². The Hall–Kier alpha value is -0.600. The number of rotatable bonds is 36. The van der Waals surface area contributed by atoms with E-state index < -0.39 is 19.9 Å². The number of ether oxygens (including phenoxy) is 2. The summed E-state index contributed by atoms with van der Waals surface area (Å²) in [5, 5.41) is 0. The van der Waals surface area contributed by atoms with Gasteiger partial charge in [0.2, 0.25) is 0 Å². The van der Waals surface area contributed by atoms with E-state index in [4.69, 9.17) is 18.5 Å². The van der Waals surface area contributed by atoms with Gasteiger partial charge in [0.1, 0.15) is 19.0 Å². The van der Waals surface area contributed by atoms with Gasteiger partial charge in [-0.25, -0.2) is 4.57 Å². The third-order valence-corrected chi connectivity index (χ3v) is 10.3. The molecule has 0 saturated carbocycles. The number of esters is 2. The lowest BCUT2D eigenvalue weighted by molar-refractivity contribution is -0.161. The predicted molar refractivity (Wildman–Crippen MR) is 198 cm³/mol. The second kappa shape index (κ2) is 33.9.